The van der Waals surface area contributed by atoms with Crippen LogP contribution in [0.5, 0.6) is 0 Å². The Hall–Kier alpha value is -1.26. The molecule has 0 spiro atoms. The second-order valence-corrected chi connectivity index (χ2v) is 7.26. The lowest BCUT2D eigenvalue weighted by molar-refractivity contribution is -0.123. The number of benzene rings is 1. The molecule has 1 atom stereocenters. The Morgan fingerprint density at radius 3 is 2.26 bits per heavy atom. The molecule has 0 saturated carbocycles. The van der Waals surface area contributed by atoms with Crippen molar-refractivity contribution < 1.29 is 9.59 Å². The molecule has 2 amide bonds. The van der Waals surface area contributed by atoms with E-state index in [1.54, 1.807) is 12.1 Å². The Bertz CT molecular complexity index is 560. The van der Waals surface area contributed by atoms with Crippen LogP contribution in [-0.2, 0) is 4.79 Å². The summed E-state index contributed by atoms with van der Waals surface area (Å²) < 4.78 is 0. The predicted octanol–water partition coefficient (Wildman–Crippen LogP) is 3.91. The summed E-state index contributed by atoms with van der Waals surface area (Å²) in [5.41, 5.74) is 0.307. The van der Waals surface area contributed by atoms with Crippen LogP contribution < -0.4 is 10.6 Å². The van der Waals surface area contributed by atoms with Gasteiger partial charge < -0.3 is 10.6 Å². The van der Waals surface area contributed by atoms with Crippen molar-refractivity contribution in [2.45, 2.75) is 40.2 Å². The number of carbonyl (C=O) groups is 2. The van der Waals surface area contributed by atoms with E-state index in [0.29, 0.717) is 29.5 Å². The molecule has 4 nitrogen and oxygen atoms in total. The van der Waals surface area contributed by atoms with E-state index >= 15 is 0 Å². The maximum absolute atomic E-state index is 12.4. The van der Waals surface area contributed by atoms with E-state index in [2.05, 4.69) is 10.6 Å². The minimum atomic E-state index is -0.590. The molecule has 0 aliphatic carbocycles. The highest BCUT2D eigenvalue weighted by Gasteiger charge is 2.23. The maximum atomic E-state index is 12.4. The molecule has 0 saturated heterocycles. The fourth-order valence-electron chi connectivity index (χ4n) is 2.04. The van der Waals surface area contributed by atoms with Crippen LogP contribution in [0, 0.1) is 11.8 Å². The summed E-state index contributed by atoms with van der Waals surface area (Å²) in [7, 11) is 0. The molecule has 2 N–H and O–H groups in total. The number of rotatable bonds is 7. The minimum absolute atomic E-state index is 0.175. The van der Waals surface area contributed by atoms with Crippen molar-refractivity contribution in [1.29, 1.82) is 0 Å². The highest BCUT2D eigenvalue weighted by atomic mass is 35.5. The number of carbonyl (C=O) groups excluding carboxylic acids is 2. The average molecular weight is 359 g/mol. The number of halogens is 2. The maximum Gasteiger partial charge on any atom is 0.253 e. The monoisotopic (exact) mass is 358 g/mol. The number of nitrogens with one attached hydrogen (secondary N) is 2. The van der Waals surface area contributed by atoms with Crippen LogP contribution in [0.1, 0.15) is 44.5 Å². The summed E-state index contributed by atoms with van der Waals surface area (Å²) in [4.78, 5) is 24.7. The van der Waals surface area contributed by atoms with Crippen LogP contribution >= 0.6 is 23.2 Å². The first-order valence-corrected chi connectivity index (χ1v) is 8.50. The van der Waals surface area contributed by atoms with Crippen molar-refractivity contribution in [2.24, 2.45) is 11.8 Å². The van der Waals surface area contributed by atoms with Gasteiger partial charge in [-0.25, -0.2) is 0 Å². The van der Waals surface area contributed by atoms with Gasteiger partial charge in [0.05, 0.1) is 10.6 Å². The zero-order chi connectivity index (χ0) is 17.6. The smallest absolute Gasteiger partial charge is 0.253 e. The van der Waals surface area contributed by atoms with E-state index in [4.69, 9.17) is 23.2 Å². The molecule has 6 heteroatoms. The molecule has 128 valence electrons. The number of hydrogen-bond donors (Lipinski definition) is 2. The fourth-order valence-corrected chi connectivity index (χ4v) is 2.53. The van der Waals surface area contributed by atoms with Gasteiger partial charge in [0.25, 0.3) is 5.91 Å². The van der Waals surface area contributed by atoms with Crippen LogP contribution in [0.15, 0.2) is 18.2 Å². The normalized spacial score (nSPS) is 12.3. The van der Waals surface area contributed by atoms with Crippen molar-refractivity contribution >= 4 is 35.0 Å². The molecule has 0 aromatic heterocycles. The fraction of sp³-hybridized carbons (Fsp3) is 0.529. The highest BCUT2D eigenvalue weighted by Crippen LogP contribution is 2.21. The van der Waals surface area contributed by atoms with Crippen molar-refractivity contribution in [3.05, 3.63) is 33.8 Å². The molecule has 23 heavy (non-hydrogen) atoms. The van der Waals surface area contributed by atoms with Gasteiger partial charge in [-0.1, -0.05) is 50.9 Å². The van der Waals surface area contributed by atoms with Crippen LogP contribution in [0.25, 0.3) is 0 Å². The Morgan fingerprint density at radius 1 is 1.09 bits per heavy atom. The van der Waals surface area contributed by atoms with Crippen LogP contribution in [0.4, 0.5) is 0 Å². The second-order valence-electron chi connectivity index (χ2n) is 6.42. The van der Waals surface area contributed by atoms with Gasteiger partial charge in [-0.2, -0.15) is 0 Å². The van der Waals surface area contributed by atoms with E-state index < -0.39 is 6.04 Å². The lowest BCUT2D eigenvalue weighted by Crippen LogP contribution is -2.48. The second kappa shape index (κ2) is 9.14. The molecule has 1 rings (SSSR count). The van der Waals surface area contributed by atoms with Crippen LogP contribution in [-0.4, -0.2) is 24.4 Å². The van der Waals surface area contributed by atoms with Gasteiger partial charge in [0, 0.05) is 11.6 Å². The summed E-state index contributed by atoms with van der Waals surface area (Å²) in [6.45, 7) is 8.62. The molecule has 1 aromatic rings. The summed E-state index contributed by atoms with van der Waals surface area (Å²) in [6, 6.07) is 4.07. The third-order valence-electron chi connectivity index (χ3n) is 3.19. The topological polar surface area (TPSA) is 58.2 Å². The van der Waals surface area contributed by atoms with Gasteiger partial charge in [0.15, 0.2) is 0 Å². The van der Waals surface area contributed by atoms with Gasteiger partial charge in [-0.15, -0.1) is 0 Å². The molecule has 1 unspecified atom stereocenters. The molecule has 0 heterocycles. The zero-order valence-corrected chi connectivity index (χ0v) is 15.5. The lowest BCUT2D eigenvalue weighted by Gasteiger charge is -2.21. The Balaban J connectivity index is 2.83. The van der Waals surface area contributed by atoms with Gasteiger partial charge in [0.2, 0.25) is 5.91 Å². The summed E-state index contributed by atoms with van der Waals surface area (Å²) in [5, 5.41) is 6.35. The Kier molecular flexibility index (Phi) is 7.86. The van der Waals surface area contributed by atoms with Crippen molar-refractivity contribution in [1.82, 2.24) is 10.6 Å². The first-order chi connectivity index (χ1) is 10.7. The van der Waals surface area contributed by atoms with E-state index in [1.807, 2.05) is 27.7 Å². The zero-order valence-electron chi connectivity index (χ0n) is 14.0. The number of hydrogen-bond acceptors (Lipinski definition) is 2. The van der Waals surface area contributed by atoms with Crippen molar-refractivity contribution in [3.8, 4) is 0 Å². The predicted molar refractivity (Wildman–Crippen MR) is 95.0 cm³/mol. The summed E-state index contributed by atoms with van der Waals surface area (Å²) in [6.07, 6.45) is 0.556. The quantitative estimate of drug-likeness (QED) is 0.776. The van der Waals surface area contributed by atoms with Crippen molar-refractivity contribution in [2.75, 3.05) is 6.54 Å². The van der Waals surface area contributed by atoms with E-state index in [1.165, 1.54) is 6.07 Å². The largest absolute Gasteiger partial charge is 0.354 e. The van der Waals surface area contributed by atoms with Crippen LogP contribution in [0.2, 0.25) is 10.0 Å². The Morgan fingerprint density at radius 2 is 1.74 bits per heavy atom. The third-order valence-corrected chi connectivity index (χ3v) is 3.74. The molecule has 0 radical (unpaired) electrons. The molecule has 0 bridgehead atoms. The molecular formula is C17H24Cl2N2O2. The summed E-state index contributed by atoms with van der Waals surface area (Å²) >= 11 is 11.9. The number of amides is 2. The van der Waals surface area contributed by atoms with E-state index in [0.717, 1.165) is 0 Å². The van der Waals surface area contributed by atoms with Crippen LogP contribution in [0.3, 0.4) is 0 Å². The van der Waals surface area contributed by atoms with Gasteiger partial charge in [0.1, 0.15) is 6.04 Å². The molecule has 0 aliphatic rings. The first kappa shape index (κ1) is 19.8. The third kappa shape index (κ3) is 6.80. The first-order valence-electron chi connectivity index (χ1n) is 7.74. The minimum Gasteiger partial charge on any atom is -0.354 e. The molecule has 1 aromatic carbocycles. The Labute approximate surface area is 147 Å². The lowest BCUT2D eigenvalue weighted by atomic mass is 10.0. The van der Waals surface area contributed by atoms with Gasteiger partial charge in [-0.05, 0) is 36.5 Å². The highest BCUT2D eigenvalue weighted by molar-refractivity contribution is 6.36. The van der Waals surface area contributed by atoms with Gasteiger partial charge in [-0.3, -0.25) is 9.59 Å². The molecule has 0 aliphatic heterocycles. The average Bonchev–Trinajstić information content (AvgIpc) is 2.43. The molecule has 0 fully saturated rings. The SMILES string of the molecule is CC(C)CNC(=O)C(CC(C)C)NC(=O)c1ccc(Cl)cc1Cl. The molecular weight excluding hydrogens is 335 g/mol. The standard InChI is InChI=1S/C17H24Cl2N2O2/c1-10(2)7-15(17(23)20-9-11(3)4)21-16(22)13-6-5-12(18)8-14(13)19/h5-6,8,10-11,15H,7,9H2,1-4H3,(H,20,23)(H,21,22). The van der Waals surface area contributed by atoms with E-state index in [9.17, 15) is 9.59 Å². The summed E-state index contributed by atoms with van der Waals surface area (Å²) in [5.74, 6) is 0.0636. The van der Waals surface area contributed by atoms with Crippen molar-refractivity contribution in [3.63, 3.8) is 0 Å². The van der Waals surface area contributed by atoms with Gasteiger partial charge >= 0.3 is 0 Å². The van der Waals surface area contributed by atoms with E-state index in [-0.39, 0.29) is 22.8 Å².